The van der Waals surface area contributed by atoms with Crippen molar-refractivity contribution in [3.8, 4) is 5.75 Å². The number of ether oxygens (including phenoxy) is 1. The summed E-state index contributed by atoms with van der Waals surface area (Å²) >= 11 is 0. The van der Waals surface area contributed by atoms with Gasteiger partial charge in [0.15, 0.2) is 0 Å². The van der Waals surface area contributed by atoms with Crippen LogP contribution >= 0.6 is 0 Å². The fourth-order valence-electron chi connectivity index (χ4n) is 2.73. The minimum absolute atomic E-state index is 0.623. The van der Waals surface area contributed by atoms with Gasteiger partial charge >= 0.3 is 0 Å². The molecule has 3 rings (SSSR count). The smallest absolute Gasteiger partial charge is 0.130 e. The lowest BCUT2D eigenvalue weighted by atomic mass is 10.0. The molecule has 0 radical (unpaired) electrons. The van der Waals surface area contributed by atoms with E-state index < -0.39 is 0 Å². The van der Waals surface area contributed by atoms with Gasteiger partial charge in [-0.1, -0.05) is 12.1 Å². The molecule has 0 spiro atoms. The number of hydrogen-bond donors (Lipinski definition) is 1. The van der Waals surface area contributed by atoms with Gasteiger partial charge in [-0.25, -0.2) is 9.97 Å². The minimum atomic E-state index is 0.623. The molecule has 5 nitrogen and oxygen atoms in total. The first-order chi connectivity index (χ1) is 10.3. The minimum Gasteiger partial charge on any atom is -0.494 e. The van der Waals surface area contributed by atoms with Crippen LogP contribution in [-0.2, 0) is 19.5 Å². The lowest BCUT2D eigenvalue weighted by Crippen LogP contribution is -2.31. The molecule has 21 heavy (non-hydrogen) atoms. The molecule has 1 aromatic heterocycles. The van der Waals surface area contributed by atoms with E-state index >= 15 is 0 Å². The van der Waals surface area contributed by atoms with E-state index in [1.807, 2.05) is 19.1 Å². The Hall–Kier alpha value is -2.14. The maximum atomic E-state index is 5.91. The monoisotopic (exact) mass is 284 g/mol. The molecule has 0 amide bonds. The van der Waals surface area contributed by atoms with Crippen molar-refractivity contribution in [3.63, 3.8) is 0 Å². The molecule has 2 N–H and O–H groups in total. The molecule has 1 aromatic carbocycles. The Bertz CT molecular complexity index is 629. The number of hydrogen-bond acceptors (Lipinski definition) is 5. The number of nitrogens with two attached hydrogens (primary N) is 1. The van der Waals surface area contributed by atoms with E-state index in [1.165, 1.54) is 5.56 Å². The summed E-state index contributed by atoms with van der Waals surface area (Å²) in [5.41, 5.74) is 9.32. The van der Waals surface area contributed by atoms with Gasteiger partial charge < -0.3 is 10.5 Å². The van der Waals surface area contributed by atoms with Gasteiger partial charge in [-0.05, 0) is 31.0 Å². The lowest BCUT2D eigenvalue weighted by molar-refractivity contribution is 0.241. The normalized spacial score (nSPS) is 14.7. The molecule has 5 heteroatoms. The molecule has 0 fully saturated rings. The van der Waals surface area contributed by atoms with Crippen LogP contribution in [-0.4, -0.2) is 28.0 Å². The molecule has 0 saturated heterocycles. The molecular formula is C16H20N4O. The Morgan fingerprint density at radius 3 is 3.10 bits per heavy atom. The maximum Gasteiger partial charge on any atom is 0.130 e. The molecule has 0 unspecified atom stereocenters. The molecule has 1 aliphatic heterocycles. The fourth-order valence-corrected chi connectivity index (χ4v) is 2.73. The highest BCUT2D eigenvalue weighted by molar-refractivity contribution is 5.42. The molecule has 0 aliphatic carbocycles. The van der Waals surface area contributed by atoms with E-state index in [0.717, 1.165) is 43.1 Å². The molecule has 1 aliphatic rings. The van der Waals surface area contributed by atoms with Crippen molar-refractivity contribution in [2.75, 3.05) is 18.9 Å². The molecular weight excluding hydrogens is 264 g/mol. The quantitative estimate of drug-likeness (QED) is 0.930. The third-order valence-electron chi connectivity index (χ3n) is 3.73. The van der Waals surface area contributed by atoms with Crippen LogP contribution in [0.15, 0.2) is 30.6 Å². The third kappa shape index (κ3) is 3.13. The average Bonchev–Trinajstić information content (AvgIpc) is 2.48. The highest BCUT2D eigenvalue weighted by atomic mass is 16.5. The molecule has 0 bridgehead atoms. The van der Waals surface area contributed by atoms with E-state index in [0.29, 0.717) is 12.4 Å². The summed E-state index contributed by atoms with van der Waals surface area (Å²) in [7, 11) is 0. The molecule has 0 atom stereocenters. The zero-order valence-electron chi connectivity index (χ0n) is 12.2. The second-order valence-electron chi connectivity index (χ2n) is 5.23. The van der Waals surface area contributed by atoms with Gasteiger partial charge in [-0.3, -0.25) is 4.90 Å². The van der Waals surface area contributed by atoms with Crippen LogP contribution in [0.5, 0.6) is 5.75 Å². The second-order valence-corrected chi connectivity index (χ2v) is 5.23. The summed E-state index contributed by atoms with van der Waals surface area (Å²) in [5, 5.41) is 0. The average molecular weight is 284 g/mol. The van der Waals surface area contributed by atoms with Crippen LogP contribution in [0.2, 0.25) is 0 Å². The number of benzene rings is 1. The highest BCUT2D eigenvalue weighted by Crippen LogP contribution is 2.22. The fraction of sp³-hybridized carbons (Fsp3) is 0.375. The van der Waals surface area contributed by atoms with Crippen molar-refractivity contribution < 1.29 is 4.74 Å². The zero-order valence-corrected chi connectivity index (χ0v) is 12.2. The maximum absolute atomic E-state index is 5.91. The topological polar surface area (TPSA) is 64.3 Å². The summed E-state index contributed by atoms with van der Waals surface area (Å²) in [6.07, 6.45) is 2.46. The highest BCUT2D eigenvalue weighted by Gasteiger charge is 2.19. The van der Waals surface area contributed by atoms with Crippen LogP contribution in [0, 0.1) is 0 Å². The Labute approximate surface area is 124 Å². The Balaban J connectivity index is 1.71. The number of fused-ring (bicyclic) bond motifs is 1. The first-order valence-corrected chi connectivity index (χ1v) is 7.28. The van der Waals surface area contributed by atoms with Crippen LogP contribution in [0.25, 0.3) is 0 Å². The van der Waals surface area contributed by atoms with Crippen molar-refractivity contribution in [3.05, 3.63) is 47.4 Å². The van der Waals surface area contributed by atoms with Gasteiger partial charge in [-0.2, -0.15) is 0 Å². The van der Waals surface area contributed by atoms with Crippen LogP contribution in [0.1, 0.15) is 23.7 Å². The number of nitrogen functional groups attached to an aromatic ring is 1. The Kier molecular flexibility index (Phi) is 4.01. The summed E-state index contributed by atoms with van der Waals surface area (Å²) in [4.78, 5) is 10.8. The van der Waals surface area contributed by atoms with E-state index in [4.69, 9.17) is 10.5 Å². The molecule has 0 saturated carbocycles. The zero-order chi connectivity index (χ0) is 14.7. The van der Waals surface area contributed by atoms with E-state index in [2.05, 4.69) is 27.0 Å². The second kappa shape index (κ2) is 6.10. The summed E-state index contributed by atoms with van der Waals surface area (Å²) in [5.74, 6) is 1.55. The molecule has 2 aromatic rings. The molecule has 110 valence electrons. The van der Waals surface area contributed by atoms with Crippen molar-refractivity contribution in [2.45, 2.75) is 26.4 Å². The van der Waals surface area contributed by atoms with Crippen LogP contribution < -0.4 is 10.5 Å². The summed E-state index contributed by atoms with van der Waals surface area (Å²) in [6, 6.07) is 8.27. The van der Waals surface area contributed by atoms with Crippen LogP contribution in [0.4, 0.5) is 5.82 Å². The number of rotatable bonds is 4. The van der Waals surface area contributed by atoms with Crippen LogP contribution in [0.3, 0.4) is 0 Å². The molecule has 2 heterocycles. The SMILES string of the molecule is CCOc1cccc(CN2CCc3c(N)ncnc3C2)c1. The largest absolute Gasteiger partial charge is 0.494 e. The Morgan fingerprint density at radius 2 is 2.24 bits per heavy atom. The summed E-state index contributed by atoms with van der Waals surface area (Å²) in [6.45, 7) is 5.38. The van der Waals surface area contributed by atoms with Crippen molar-refractivity contribution >= 4 is 5.82 Å². The van der Waals surface area contributed by atoms with Gasteiger partial charge in [-0.15, -0.1) is 0 Å². The van der Waals surface area contributed by atoms with Gasteiger partial charge in [0.25, 0.3) is 0 Å². The first-order valence-electron chi connectivity index (χ1n) is 7.28. The standard InChI is InChI=1S/C16H20N4O/c1-2-21-13-5-3-4-12(8-13)9-20-7-6-14-15(10-20)18-11-19-16(14)17/h3-5,8,11H,2,6-7,9-10H2,1H3,(H2,17,18,19). The van der Waals surface area contributed by atoms with Crippen molar-refractivity contribution in [2.24, 2.45) is 0 Å². The van der Waals surface area contributed by atoms with Gasteiger partial charge in [0, 0.05) is 25.2 Å². The number of anilines is 1. The predicted octanol–water partition coefficient (Wildman–Crippen LogP) is 2.02. The lowest BCUT2D eigenvalue weighted by Gasteiger charge is -2.28. The van der Waals surface area contributed by atoms with Gasteiger partial charge in [0.1, 0.15) is 17.9 Å². The van der Waals surface area contributed by atoms with Gasteiger partial charge in [0.2, 0.25) is 0 Å². The van der Waals surface area contributed by atoms with Gasteiger partial charge in [0.05, 0.1) is 12.3 Å². The van der Waals surface area contributed by atoms with E-state index in [1.54, 1.807) is 6.33 Å². The van der Waals surface area contributed by atoms with Crippen molar-refractivity contribution in [1.29, 1.82) is 0 Å². The predicted molar refractivity (Wildman–Crippen MR) is 81.9 cm³/mol. The first kappa shape index (κ1) is 13.8. The summed E-state index contributed by atoms with van der Waals surface area (Å²) < 4.78 is 5.55. The van der Waals surface area contributed by atoms with Crippen molar-refractivity contribution in [1.82, 2.24) is 14.9 Å². The number of aromatic nitrogens is 2. The number of nitrogens with zero attached hydrogens (tertiary/aromatic N) is 3. The Morgan fingerprint density at radius 1 is 1.33 bits per heavy atom. The van der Waals surface area contributed by atoms with E-state index in [-0.39, 0.29) is 0 Å². The third-order valence-corrected chi connectivity index (χ3v) is 3.73. The van der Waals surface area contributed by atoms with E-state index in [9.17, 15) is 0 Å².